The zero-order valence-corrected chi connectivity index (χ0v) is 10.5. The Morgan fingerprint density at radius 1 is 1.42 bits per heavy atom. The van der Waals surface area contributed by atoms with Crippen molar-refractivity contribution in [3.8, 4) is 5.75 Å². The minimum absolute atomic E-state index is 0.000320. The second kappa shape index (κ2) is 4.68. The summed E-state index contributed by atoms with van der Waals surface area (Å²) in [6.07, 6.45) is -4.32. The van der Waals surface area contributed by atoms with Crippen molar-refractivity contribution in [1.29, 1.82) is 0 Å². The van der Waals surface area contributed by atoms with Crippen molar-refractivity contribution in [1.82, 2.24) is 0 Å². The maximum absolute atomic E-state index is 13.3. The van der Waals surface area contributed by atoms with Gasteiger partial charge < -0.3 is 15.6 Å². The number of aliphatic hydroxyl groups is 1. The van der Waals surface area contributed by atoms with Crippen LogP contribution in [0.5, 0.6) is 5.75 Å². The van der Waals surface area contributed by atoms with Gasteiger partial charge in [-0.2, -0.15) is 13.2 Å². The van der Waals surface area contributed by atoms with E-state index in [2.05, 4.69) is 0 Å². The van der Waals surface area contributed by atoms with Gasteiger partial charge in [-0.1, -0.05) is 25.1 Å². The quantitative estimate of drug-likeness (QED) is 0.888. The molecule has 0 aliphatic carbocycles. The first-order valence-electron chi connectivity index (χ1n) is 6.12. The second-order valence-corrected chi connectivity index (χ2v) is 4.67. The standard InChI is InChI=1S/C13H16F3NO2/c1-2-10(17)12(18,13(14,15)16)9-5-3-4-8-6-7-19-11(8)9/h3-5,10,18H,2,6-7,17H2,1H3. The predicted molar refractivity (Wildman–Crippen MR) is 63.9 cm³/mol. The molecule has 2 rings (SSSR count). The van der Waals surface area contributed by atoms with Crippen molar-refractivity contribution < 1.29 is 23.0 Å². The summed E-state index contributed by atoms with van der Waals surface area (Å²) in [4.78, 5) is 0. The fraction of sp³-hybridized carbons (Fsp3) is 0.538. The third-order valence-electron chi connectivity index (χ3n) is 3.53. The molecule has 1 aromatic carbocycles. The first kappa shape index (κ1) is 14.1. The van der Waals surface area contributed by atoms with Crippen LogP contribution < -0.4 is 10.5 Å². The zero-order valence-electron chi connectivity index (χ0n) is 10.5. The van der Waals surface area contributed by atoms with E-state index in [9.17, 15) is 18.3 Å². The number of hydrogen-bond donors (Lipinski definition) is 2. The molecule has 106 valence electrons. The number of alkyl halides is 3. The lowest BCUT2D eigenvalue weighted by molar-refractivity contribution is -0.275. The van der Waals surface area contributed by atoms with Gasteiger partial charge in [-0.05, 0) is 12.0 Å². The van der Waals surface area contributed by atoms with Crippen LogP contribution in [0.15, 0.2) is 18.2 Å². The minimum Gasteiger partial charge on any atom is -0.493 e. The van der Waals surface area contributed by atoms with Gasteiger partial charge in [0.1, 0.15) is 5.75 Å². The maximum Gasteiger partial charge on any atom is 0.423 e. The van der Waals surface area contributed by atoms with E-state index < -0.39 is 17.8 Å². The Morgan fingerprint density at radius 2 is 2.11 bits per heavy atom. The fourth-order valence-corrected chi connectivity index (χ4v) is 2.37. The molecule has 0 amide bonds. The van der Waals surface area contributed by atoms with E-state index in [1.165, 1.54) is 19.1 Å². The topological polar surface area (TPSA) is 55.5 Å². The van der Waals surface area contributed by atoms with E-state index in [-0.39, 0.29) is 17.7 Å². The van der Waals surface area contributed by atoms with E-state index in [1.807, 2.05) is 0 Å². The molecule has 3 N–H and O–H groups in total. The number of hydrogen-bond acceptors (Lipinski definition) is 3. The molecular formula is C13H16F3NO2. The highest BCUT2D eigenvalue weighted by atomic mass is 19.4. The van der Waals surface area contributed by atoms with E-state index in [0.29, 0.717) is 18.6 Å². The SMILES string of the molecule is CCC(N)C(O)(c1cccc2c1OCC2)C(F)(F)F. The summed E-state index contributed by atoms with van der Waals surface area (Å²) in [6, 6.07) is 2.97. The van der Waals surface area contributed by atoms with Crippen molar-refractivity contribution in [3.05, 3.63) is 29.3 Å². The molecule has 19 heavy (non-hydrogen) atoms. The van der Waals surface area contributed by atoms with Crippen LogP contribution in [0.4, 0.5) is 13.2 Å². The van der Waals surface area contributed by atoms with E-state index in [4.69, 9.17) is 10.5 Å². The molecule has 1 aromatic rings. The van der Waals surface area contributed by atoms with Gasteiger partial charge in [0.25, 0.3) is 0 Å². The Balaban J connectivity index is 2.61. The zero-order chi connectivity index (χ0) is 14.3. The van der Waals surface area contributed by atoms with Crippen LogP contribution in [0.25, 0.3) is 0 Å². The van der Waals surface area contributed by atoms with E-state index in [1.54, 1.807) is 6.07 Å². The van der Waals surface area contributed by atoms with Crippen LogP contribution in [-0.2, 0) is 12.0 Å². The van der Waals surface area contributed by atoms with Gasteiger partial charge in [0.05, 0.1) is 6.61 Å². The summed E-state index contributed by atoms with van der Waals surface area (Å²) in [5.74, 6) is 0.117. The van der Waals surface area contributed by atoms with Crippen LogP contribution in [0.3, 0.4) is 0 Å². The molecule has 2 atom stereocenters. The number of ether oxygens (including phenoxy) is 1. The van der Waals surface area contributed by atoms with Gasteiger partial charge in [-0.3, -0.25) is 0 Å². The van der Waals surface area contributed by atoms with Gasteiger partial charge in [0, 0.05) is 18.0 Å². The molecule has 0 bridgehead atoms. The fourth-order valence-electron chi connectivity index (χ4n) is 2.37. The summed E-state index contributed by atoms with van der Waals surface area (Å²) < 4.78 is 45.2. The highest BCUT2D eigenvalue weighted by molar-refractivity contribution is 5.48. The summed E-state index contributed by atoms with van der Waals surface area (Å²) in [6.45, 7) is 1.83. The minimum atomic E-state index is -4.86. The number of nitrogens with two attached hydrogens (primary N) is 1. The number of halogens is 3. The number of benzene rings is 1. The van der Waals surface area contributed by atoms with Crippen LogP contribution in [0.2, 0.25) is 0 Å². The predicted octanol–water partition coefficient (Wildman–Crippen LogP) is 2.11. The lowest BCUT2D eigenvalue weighted by atomic mass is 9.83. The monoisotopic (exact) mass is 275 g/mol. The number of rotatable bonds is 3. The van der Waals surface area contributed by atoms with Crippen molar-refractivity contribution in [3.63, 3.8) is 0 Å². The van der Waals surface area contributed by atoms with Crippen LogP contribution in [-0.4, -0.2) is 23.9 Å². The molecule has 3 nitrogen and oxygen atoms in total. The van der Waals surface area contributed by atoms with Gasteiger partial charge in [-0.15, -0.1) is 0 Å². The molecule has 0 spiro atoms. The van der Waals surface area contributed by atoms with E-state index in [0.717, 1.165) is 0 Å². The van der Waals surface area contributed by atoms with Crippen molar-refractivity contribution >= 4 is 0 Å². The molecule has 1 aliphatic heterocycles. The van der Waals surface area contributed by atoms with Crippen LogP contribution >= 0.6 is 0 Å². The molecule has 0 saturated heterocycles. The highest BCUT2D eigenvalue weighted by Crippen LogP contribution is 2.47. The third kappa shape index (κ3) is 2.08. The molecule has 2 unspecified atom stereocenters. The lowest BCUT2D eigenvalue weighted by Crippen LogP contribution is -2.55. The average Bonchev–Trinajstić information content (AvgIpc) is 2.83. The van der Waals surface area contributed by atoms with Gasteiger partial charge in [0.15, 0.2) is 0 Å². The smallest absolute Gasteiger partial charge is 0.423 e. The van der Waals surface area contributed by atoms with Gasteiger partial charge in [0.2, 0.25) is 5.60 Å². The summed E-state index contributed by atoms with van der Waals surface area (Å²) in [7, 11) is 0. The third-order valence-corrected chi connectivity index (χ3v) is 3.53. The molecule has 6 heteroatoms. The molecule has 0 aromatic heterocycles. The van der Waals surface area contributed by atoms with Crippen molar-refractivity contribution in [2.75, 3.05) is 6.61 Å². The number of para-hydroxylation sites is 1. The summed E-state index contributed by atoms with van der Waals surface area (Å²) in [5, 5.41) is 10.2. The molecule has 1 heterocycles. The summed E-state index contributed by atoms with van der Waals surface area (Å²) >= 11 is 0. The molecule has 0 radical (unpaired) electrons. The normalized spacial score (nSPS) is 19.5. The van der Waals surface area contributed by atoms with E-state index >= 15 is 0 Å². The van der Waals surface area contributed by atoms with Crippen LogP contribution in [0.1, 0.15) is 24.5 Å². The van der Waals surface area contributed by atoms with Gasteiger partial charge in [-0.25, -0.2) is 0 Å². The molecular weight excluding hydrogens is 259 g/mol. The first-order valence-corrected chi connectivity index (χ1v) is 6.12. The van der Waals surface area contributed by atoms with Crippen molar-refractivity contribution in [2.45, 2.75) is 37.6 Å². The number of fused-ring (bicyclic) bond motifs is 1. The Labute approximate surface area is 109 Å². The van der Waals surface area contributed by atoms with Gasteiger partial charge >= 0.3 is 6.18 Å². The largest absolute Gasteiger partial charge is 0.493 e. The Hall–Kier alpha value is -1.27. The lowest BCUT2D eigenvalue weighted by Gasteiger charge is -2.36. The van der Waals surface area contributed by atoms with Crippen molar-refractivity contribution in [2.24, 2.45) is 5.73 Å². The average molecular weight is 275 g/mol. The van der Waals surface area contributed by atoms with Crippen LogP contribution in [0, 0.1) is 0 Å². The second-order valence-electron chi connectivity index (χ2n) is 4.67. The highest BCUT2D eigenvalue weighted by Gasteiger charge is 2.59. The Morgan fingerprint density at radius 3 is 2.68 bits per heavy atom. The maximum atomic E-state index is 13.3. The summed E-state index contributed by atoms with van der Waals surface area (Å²) in [5.41, 5.74) is 2.83. The molecule has 0 saturated carbocycles. The Kier molecular flexibility index (Phi) is 3.49. The first-order chi connectivity index (χ1) is 8.82. The molecule has 1 aliphatic rings. The molecule has 0 fully saturated rings. The Bertz CT molecular complexity index is 475.